The number of benzene rings is 1. The molecular weight excluding hydrogens is 289 g/mol. The summed E-state index contributed by atoms with van der Waals surface area (Å²) >= 11 is 0. The van der Waals surface area contributed by atoms with Crippen LogP contribution >= 0.6 is 0 Å². The number of hydrogen-bond donors (Lipinski definition) is 2. The molecule has 0 aliphatic rings. The van der Waals surface area contributed by atoms with E-state index < -0.39 is 5.78 Å². The Morgan fingerprint density at radius 1 is 1.27 bits per heavy atom. The topological polar surface area (TPSA) is 92.0 Å². The number of aliphatic hydroxyl groups is 1. The van der Waals surface area contributed by atoms with Crippen molar-refractivity contribution in [1.29, 1.82) is 0 Å². The quantitative estimate of drug-likeness (QED) is 0.439. The summed E-state index contributed by atoms with van der Waals surface area (Å²) in [5.41, 5.74) is 1.51. The lowest BCUT2D eigenvalue weighted by Crippen LogP contribution is -1.99. The number of furan rings is 1. The van der Waals surface area contributed by atoms with Crippen molar-refractivity contribution in [3.05, 3.63) is 66.4 Å². The van der Waals surface area contributed by atoms with Gasteiger partial charge in [-0.05, 0) is 17.7 Å². The molecule has 0 radical (unpaired) electrons. The highest BCUT2D eigenvalue weighted by atomic mass is 19.1. The standard InChI is InChI=1S/C15H10FN3O3/c16-10-3-1-9(2-4-10)11-6-22-7-12(11)13(20)5-14(21)15-17-8-18-19-15/h1-8,20H,(H,17,18,19). The van der Waals surface area contributed by atoms with E-state index in [1.807, 2.05) is 0 Å². The highest BCUT2D eigenvalue weighted by Gasteiger charge is 2.14. The number of aromatic nitrogens is 3. The van der Waals surface area contributed by atoms with Crippen molar-refractivity contribution in [1.82, 2.24) is 15.2 Å². The van der Waals surface area contributed by atoms with Gasteiger partial charge in [-0.15, -0.1) is 0 Å². The summed E-state index contributed by atoms with van der Waals surface area (Å²) in [5, 5.41) is 16.1. The Balaban J connectivity index is 1.94. The Hall–Kier alpha value is -3.22. The van der Waals surface area contributed by atoms with Crippen LogP contribution in [-0.4, -0.2) is 26.1 Å². The van der Waals surface area contributed by atoms with E-state index in [1.165, 1.54) is 31.0 Å². The SMILES string of the molecule is O=C(C=C(O)c1cocc1-c1ccc(F)cc1)c1ncn[nH]1. The number of aromatic amines is 1. The highest BCUT2D eigenvalue weighted by Crippen LogP contribution is 2.29. The molecule has 0 atom stereocenters. The van der Waals surface area contributed by atoms with Crippen molar-refractivity contribution in [2.24, 2.45) is 0 Å². The van der Waals surface area contributed by atoms with Gasteiger partial charge in [-0.1, -0.05) is 12.1 Å². The van der Waals surface area contributed by atoms with Gasteiger partial charge in [0.05, 0.1) is 11.8 Å². The fraction of sp³-hybridized carbons (Fsp3) is 0. The number of H-pyrrole nitrogens is 1. The van der Waals surface area contributed by atoms with E-state index in [0.29, 0.717) is 16.7 Å². The number of halogens is 1. The molecule has 22 heavy (non-hydrogen) atoms. The number of hydrogen-bond acceptors (Lipinski definition) is 5. The molecule has 2 heterocycles. The smallest absolute Gasteiger partial charge is 0.226 e. The van der Waals surface area contributed by atoms with Gasteiger partial charge < -0.3 is 9.52 Å². The Morgan fingerprint density at radius 2 is 2.05 bits per heavy atom. The molecule has 0 aliphatic heterocycles. The van der Waals surface area contributed by atoms with E-state index in [-0.39, 0.29) is 17.4 Å². The maximum Gasteiger partial charge on any atom is 0.226 e. The summed E-state index contributed by atoms with van der Waals surface area (Å²) in [6.07, 6.45) is 4.92. The predicted octanol–water partition coefficient (Wildman–Crippen LogP) is 2.99. The number of rotatable bonds is 4. The largest absolute Gasteiger partial charge is 0.507 e. The van der Waals surface area contributed by atoms with Crippen molar-refractivity contribution in [3.8, 4) is 11.1 Å². The number of aliphatic hydroxyl groups excluding tert-OH is 1. The molecule has 110 valence electrons. The fourth-order valence-corrected chi connectivity index (χ4v) is 1.94. The Kier molecular flexibility index (Phi) is 3.53. The first-order valence-electron chi connectivity index (χ1n) is 6.28. The molecule has 1 aromatic carbocycles. The van der Waals surface area contributed by atoms with Crippen LogP contribution in [0, 0.1) is 5.82 Å². The van der Waals surface area contributed by atoms with Crippen LogP contribution < -0.4 is 0 Å². The molecule has 0 amide bonds. The van der Waals surface area contributed by atoms with Crippen LogP contribution in [0.1, 0.15) is 16.2 Å². The molecule has 0 fully saturated rings. The molecule has 0 aliphatic carbocycles. The maximum absolute atomic E-state index is 13.0. The van der Waals surface area contributed by atoms with Crippen LogP contribution in [0.4, 0.5) is 4.39 Å². The lowest BCUT2D eigenvalue weighted by atomic mass is 10.0. The van der Waals surface area contributed by atoms with Crippen LogP contribution in [0.25, 0.3) is 16.9 Å². The van der Waals surface area contributed by atoms with E-state index in [0.717, 1.165) is 6.08 Å². The van der Waals surface area contributed by atoms with Crippen molar-refractivity contribution in [2.45, 2.75) is 0 Å². The molecular formula is C15H10FN3O3. The Morgan fingerprint density at radius 3 is 2.73 bits per heavy atom. The zero-order valence-corrected chi connectivity index (χ0v) is 11.2. The molecule has 3 rings (SSSR count). The van der Waals surface area contributed by atoms with Gasteiger partial charge in [0.2, 0.25) is 5.78 Å². The van der Waals surface area contributed by atoms with Crippen LogP contribution in [0.5, 0.6) is 0 Å². The molecule has 7 heteroatoms. The Bertz CT molecular complexity index is 820. The normalized spacial score (nSPS) is 11.6. The van der Waals surface area contributed by atoms with E-state index >= 15 is 0 Å². The number of carbonyl (C=O) groups excluding carboxylic acids is 1. The third-order valence-electron chi connectivity index (χ3n) is 3.01. The Labute approximate surface area is 123 Å². The van der Waals surface area contributed by atoms with Gasteiger partial charge in [-0.3, -0.25) is 9.89 Å². The first kappa shape index (κ1) is 13.7. The molecule has 2 N–H and O–H groups in total. The van der Waals surface area contributed by atoms with Crippen LogP contribution in [0.2, 0.25) is 0 Å². The second-order valence-electron chi connectivity index (χ2n) is 4.43. The number of nitrogens with one attached hydrogen (secondary N) is 1. The van der Waals surface area contributed by atoms with Gasteiger partial charge in [-0.25, -0.2) is 9.37 Å². The van der Waals surface area contributed by atoms with Crippen molar-refractivity contribution >= 4 is 11.5 Å². The average Bonchev–Trinajstić information content (AvgIpc) is 3.19. The number of ketones is 1. The van der Waals surface area contributed by atoms with Crippen molar-refractivity contribution in [3.63, 3.8) is 0 Å². The molecule has 0 saturated heterocycles. The number of allylic oxidation sites excluding steroid dienone is 1. The van der Waals surface area contributed by atoms with Gasteiger partial charge in [0.15, 0.2) is 5.82 Å². The molecule has 3 aromatic rings. The minimum absolute atomic E-state index is 0.0124. The lowest BCUT2D eigenvalue weighted by Gasteiger charge is -2.02. The fourth-order valence-electron chi connectivity index (χ4n) is 1.94. The highest BCUT2D eigenvalue weighted by molar-refractivity contribution is 6.05. The van der Waals surface area contributed by atoms with E-state index in [2.05, 4.69) is 15.2 Å². The zero-order chi connectivity index (χ0) is 15.5. The monoisotopic (exact) mass is 299 g/mol. The number of carbonyl (C=O) groups is 1. The van der Waals surface area contributed by atoms with Crippen molar-refractivity contribution in [2.75, 3.05) is 0 Å². The van der Waals surface area contributed by atoms with Crippen LogP contribution in [0.3, 0.4) is 0 Å². The van der Waals surface area contributed by atoms with Gasteiger partial charge >= 0.3 is 0 Å². The van der Waals surface area contributed by atoms with Gasteiger partial charge in [0.25, 0.3) is 0 Å². The molecule has 0 bridgehead atoms. The molecule has 0 unspecified atom stereocenters. The van der Waals surface area contributed by atoms with E-state index in [4.69, 9.17) is 4.42 Å². The summed E-state index contributed by atoms with van der Waals surface area (Å²) in [4.78, 5) is 15.6. The first-order chi connectivity index (χ1) is 10.6. The first-order valence-corrected chi connectivity index (χ1v) is 6.28. The second-order valence-corrected chi connectivity index (χ2v) is 4.43. The van der Waals surface area contributed by atoms with Gasteiger partial charge in [-0.2, -0.15) is 5.10 Å². The maximum atomic E-state index is 13.0. The lowest BCUT2D eigenvalue weighted by molar-refractivity contribution is 0.103. The van der Waals surface area contributed by atoms with E-state index in [1.54, 1.807) is 12.1 Å². The summed E-state index contributed by atoms with van der Waals surface area (Å²) in [7, 11) is 0. The van der Waals surface area contributed by atoms with Crippen LogP contribution in [0.15, 0.2) is 53.6 Å². The zero-order valence-electron chi connectivity index (χ0n) is 11.2. The second kappa shape index (κ2) is 5.65. The molecule has 0 spiro atoms. The predicted molar refractivity (Wildman–Crippen MR) is 75.4 cm³/mol. The third-order valence-corrected chi connectivity index (χ3v) is 3.01. The molecule has 2 aromatic heterocycles. The molecule has 6 nitrogen and oxygen atoms in total. The summed E-state index contributed by atoms with van der Waals surface area (Å²) < 4.78 is 18.1. The summed E-state index contributed by atoms with van der Waals surface area (Å²) in [6.45, 7) is 0. The number of nitrogens with zero attached hydrogens (tertiary/aromatic N) is 2. The molecule has 0 saturated carbocycles. The van der Waals surface area contributed by atoms with E-state index in [9.17, 15) is 14.3 Å². The van der Waals surface area contributed by atoms with Gasteiger partial charge in [0.1, 0.15) is 24.2 Å². The minimum Gasteiger partial charge on any atom is -0.507 e. The van der Waals surface area contributed by atoms with Crippen molar-refractivity contribution < 1.29 is 18.7 Å². The summed E-state index contributed by atoms with van der Waals surface area (Å²) in [6, 6.07) is 5.70. The van der Waals surface area contributed by atoms with Gasteiger partial charge in [0, 0.05) is 11.6 Å². The third kappa shape index (κ3) is 2.64. The minimum atomic E-state index is -0.527. The average molecular weight is 299 g/mol. The summed E-state index contributed by atoms with van der Waals surface area (Å²) in [5.74, 6) is -1.16. The van der Waals surface area contributed by atoms with Crippen LogP contribution in [-0.2, 0) is 0 Å².